The highest BCUT2D eigenvalue weighted by Crippen LogP contribution is 2.41. The number of hydrogen-bond donors (Lipinski definition) is 2. The molecule has 4 aliphatic rings. The van der Waals surface area contributed by atoms with Crippen molar-refractivity contribution in [1.82, 2.24) is 24.2 Å². The summed E-state index contributed by atoms with van der Waals surface area (Å²) in [7, 11) is 1.69. The zero-order valence-electron chi connectivity index (χ0n) is 21.9. The number of rotatable bonds is 6. The first kappa shape index (κ1) is 23.9. The first-order chi connectivity index (χ1) is 19.0. The lowest BCUT2D eigenvalue weighted by atomic mass is 9.96. The van der Waals surface area contributed by atoms with E-state index in [4.69, 9.17) is 0 Å². The molecule has 10 nitrogen and oxygen atoms in total. The molecule has 0 spiro atoms. The molecule has 1 saturated carbocycles. The van der Waals surface area contributed by atoms with Crippen LogP contribution < -0.4 is 15.8 Å². The molecule has 0 saturated heterocycles. The number of aliphatic hydroxyl groups is 1. The summed E-state index contributed by atoms with van der Waals surface area (Å²) in [5.41, 5.74) is 6.19. The van der Waals surface area contributed by atoms with E-state index in [0.29, 0.717) is 29.5 Å². The highest BCUT2D eigenvalue weighted by Gasteiger charge is 2.38. The van der Waals surface area contributed by atoms with Gasteiger partial charge in [0.2, 0.25) is 5.78 Å². The van der Waals surface area contributed by atoms with E-state index in [1.165, 1.54) is 10.3 Å². The fourth-order valence-corrected chi connectivity index (χ4v) is 5.99. The summed E-state index contributed by atoms with van der Waals surface area (Å²) < 4.78 is 3.41. The maximum atomic E-state index is 13.2. The molecule has 0 atom stereocenters. The van der Waals surface area contributed by atoms with Gasteiger partial charge in [-0.15, -0.1) is 0 Å². The summed E-state index contributed by atoms with van der Waals surface area (Å²) in [5, 5.41) is 18.1. The smallest absolute Gasteiger partial charge is 0.293 e. The molecule has 200 valence electrons. The van der Waals surface area contributed by atoms with Gasteiger partial charge < -0.3 is 24.8 Å². The van der Waals surface area contributed by atoms with Crippen LogP contribution in [0.4, 0.5) is 17.2 Å². The number of Topliss-reactive ketones (excluding diaryl/α,β-unsaturated/α-hetero) is 1. The second-order valence-corrected chi connectivity index (χ2v) is 10.7. The maximum absolute atomic E-state index is 13.2. The van der Waals surface area contributed by atoms with E-state index in [0.717, 1.165) is 67.6 Å². The Morgan fingerprint density at radius 2 is 1.95 bits per heavy atom. The molecule has 0 amide bonds. The maximum Gasteiger partial charge on any atom is 0.293 e. The molecule has 10 heteroatoms. The van der Waals surface area contributed by atoms with Crippen molar-refractivity contribution in [3.8, 4) is 11.3 Å². The molecule has 0 unspecified atom stereocenters. The van der Waals surface area contributed by atoms with Crippen LogP contribution in [0.1, 0.15) is 50.1 Å². The van der Waals surface area contributed by atoms with Gasteiger partial charge in [0.25, 0.3) is 5.56 Å². The van der Waals surface area contributed by atoms with E-state index in [1.807, 2.05) is 35.3 Å². The summed E-state index contributed by atoms with van der Waals surface area (Å²) in [4.78, 5) is 35.1. The van der Waals surface area contributed by atoms with Crippen LogP contribution in [0.2, 0.25) is 0 Å². The Balaban J connectivity index is 1.23. The van der Waals surface area contributed by atoms with Gasteiger partial charge in [0, 0.05) is 66.8 Å². The minimum atomic E-state index is -0.253. The van der Waals surface area contributed by atoms with E-state index in [-0.39, 0.29) is 23.8 Å². The molecule has 39 heavy (non-hydrogen) atoms. The van der Waals surface area contributed by atoms with Gasteiger partial charge in [0.05, 0.1) is 30.2 Å². The van der Waals surface area contributed by atoms with E-state index in [2.05, 4.69) is 25.2 Å². The quantitative estimate of drug-likeness (QED) is 0.503. The van der Waals surface area contributed by atoms with Crippen LogP contribution in [0.3, 0.4) is 0 Å². The average molecular weight is 526 g/mol. The summed E-state index contributed by atoms with van der Waals surface area (Å²) in [5.74, 6) is 0.333. The van der Waals surface area contributed by atoms with E-state index in [9.17, 15) is 14.7 Å². The molecule has 0 radical (unpaired) electrons. The third kappa shape index (κ3) is 4.06. The second-order valence-electron chi connectivity index (χ2n) is 10.7. The zero-order valence-corrected chi connectivity index (χ0v) is 21.9. The highest BCUT2D eigenvalue weighted by molar-refractivity contribution is 6.11. The molecule has 0 bridgehead atoms. The Bertz CT molecular complexity index is 1610. The lowest BCUT2D eigenvalue weighted by Gasteiger charge is -2.35. The Morgan fingerprint density at radius 1 is 1.10 bits per heavy atom. The van der Waals surface area contributed by atoms with Gasteiger partial charge in [-0.25, -0.2) is 4.98 Å². The number of aryl methyl sites for hydroxylation is 1. The largest absolute Gasteiger partial charge is 0.392 e. The molecule has 3 aromatic rings. The zero-order chi connectivity index (χ0) is 26.7. The number of nitrogens with zero attached hydrogens (tertiary/aromatic N) is 6. The summed E-state index contributed by atoms with van der Waals surface area (Å²) in [6.07, 6.45) is 13.5. The van der Waals surface area contributed by atoms with Crippen LogP contribution in [-0.4, -0.2) is 48.2 Å². The van der Waals surface area contributed by atoms with Crippen molar-refractivity contribution in [2.24, 2.45) is 7.05 Å². The lowest BCUT2D eigenvalue weighted by molar-refractivity contribution is -0.112. The van der Waals surface area contributed by atoms with E-state index >= 15 is 0 Å². The minimum absolute atomic E-state index is 0.136. The first-order valence-corrected chi connectivity index (χ1v) is 13.7. The van der Waals surface area contributed by atoms with Crippen molar-refractivity contribution in [2.75, 3.05) is 23.3 Å². The summed E-state index contributed by atoms with van der Waals surface area (Å²) in [6, 6.07) is 6.23. The number of carbonyl (C=O) groups excluding carboxylic acids is 1. The molecule has 2 N–H and O–H groups in total. The number of ketones is 1. The molecular formula is C29H31N7O3. The molecule has 7 rings (SSSR count). The van der Waals surface area contributed by atoms with Gasteiger partial charge in [-0.2, -0.15) is 5.10 Å². The third-order valence-corrected chi connectivity index (χ3v) is 8.16. The van der Waals surface area contributed by atoms with Gasteiger partial charge in [-0.3, -0.25) is 14.3 Å². The van der Waals surface area contributed by atoms with Crippen molar-refractivity contribution < 1.29 is 9.90 Å². The molecule has 2 aliphatic carbocycles. The van der Waals surface area contributed by atoms with Crippen molar-refractivity contribution in [3.05, 3.63) is 75.9 Å². The molecule has 4 heterocycles. The van der Waals surface area contributed by atoms with E-state index in [1.54, 1.807) is 19.4 Å². The van der Waals surface area contributed by atoms with Gasteiger partial charge in [-0.1, -0.05) is 12.1 Å². The predicted molar refractivity (Wildman–Crippen MR) is 147 cm³/mol. The normalized spacial score (nSPS) is 18.8. The molecule has 1 aromatic carbocycles. The Hall–Kier alpha value is -4.18. The number of allylic oxidation sites excluding steroid dienone is 2. The van der Waals surface area contributed by atoms with Crippen LogP contribution in [0.5, 0.6) is 0 Å². The summed E-state index contributed by atoms with van der Waals surface area (Å²) >= 11 is 0. The number of fused-ring (bicyclic) bond motifs is 2. The standard InChI is InChI=1S/C29H31N7O3/c1-33-15-23(32-28(29(33)39)31-18-13-30-36(14-18)19-9-10-19)20-6-4-8-24(22(20)17-37)34-11-12-35-25-7-3-2-5-21(25)27(38)26(35)16-34/h4,6,8,13-16,19,37H,2-3,5,7,9-12,17H2,1H3,(H,31,32). The van der Waals surface area contributed by atoms with Gasteiger partial charge in [0.1, 0.15) is 5.70 Å². The fourth-order valence-electron chi connectivity index (χ4n) is 5.99. The number of benzene rings is 1. The van der Waals surface area contributed by atoms with Crippen LogP contribution in [0, 0.1) is 0 Å². The minimum Gasteiger partial charge on any atom is -0.392 e. The van der Waals surface area contributed by atoms with Crippen molar-refractivity contribution >= 4 is 23.0 Å². The van der Waals surface area contributed by atoms with Crippen LogP contribution in [0.15, 0.2) is 64.8 Å². The van der Waals surface area contributed by atoms with Gasteiger partial charge >= 0.3 is 0 Å². The van der Waals surface area contributed by atoms with Crippen molar-refractivity contribution in [3.63, 3.8) is 0 Å². The number of aliphatic hydroxyl groups excluding tert-OH is 1. The Labute approximate surface area is 225 Å². The number of carbonyl (C=O) groups is 1. The first-order valence-electron chi connectivity index (χ1n) is 13.7. The Morgan fingerprint density at radius 3 is 2.77 bits per heavy atom. The van der Waals surface area contributed by atoms with Crippen molar-refractivity contribution in [2.45, 2.75) is 51.2 Å². The van der Waals surface area contributed by atoms with Gasteiger partial charge in [-0.05, 0) is 44.6 Å². The fraction of sp³-hybridized carbons (Fsp3) is 0.379. The third-order valence-electron chi connectivity index (χ3n) is 8.16. The van der Waals surface area contributed by atoms with Gasteiger partial charge in [0.15, 0.2) is 5.82 Å². The average Bonchev–Trinajstić information content (AvgIpc) is 3.65. The monoisotopic (exact) mass is 525 g/mol. The number of hydrogen-bond acceptors (Lipinski definition) is 8. The summed E-state index contributed by atoms with van der Waals surface area (Å²) in [6.45, 7) is 1.22. The lowest BCUT2D eigenvalue weighted by Crippen LogP contribution is -2.37. The number of anilines is 3. The number of aromatic nitrogens is 4. The molecule has 2 aliphatic heterocycles. The van der Waals surface area contributed by atoms with Crippen LogP contribution in [0.25, 0.3) is 11.3 Å². The van der Waals surface area contributed by atoms with Crippen LogP contribution in [-0.2, 0) is 18.4 Å². The predicted octanol–water partition coefficient (Wildman–Crippen LogP) is 3.59. The van der Waals surface area contributed by atoms with Crippen LogP contribution >= 0.6 is 0 Å². The highest BCUT2D eigenvalue weighted by atomic mass is 16.3. The molecule has 1 fully saturated rings. The molecule has 2 aromatic heterocycles. The second kappa shape index (κ2) is 9.23. The SMILES string of the molecule is Cn1cc(-c2cccc(N3C=C4C(=O)C5=C(CCCC5)N4CC3)c2CO)nc(Nc2cnn(C3CC3)c2)c1=O. The van der Waals surface area contributed by atoms with Crippen molar-refractivity contribution in [1.29, 1.82) is 0 Å². The van der Waals surface area contributed by atoms with E-state index < -0.39 is 0 Å². The molecular weight excluding hydrogens is 494 g/mol. The number of nitrogens with one attached hydrogen (secondary N) is 1. The Kier molecular flexibility index (Phi) is 5.66. The topological polar surface area (TPSA) is 109 Å².